The highest BCUT2D eigenvalue weighted by Crippen LogP contribution is 2.14. The van der Waals surface area contributed by atoms with E-state index in [9.17, 15) is 9.59 Å². The largest absolute Gasteiger partial charge is 0.454 e. The molecule has 0 saturated carbocycles. The van der Waals surface area contributed by atoms with Crippen LogP contribution in [0.3, 0.4) is 0 Å². The number of esters is 1. The van der Waals surface area contributed by atoms with Crippen LogP contribution < -0.4 is 5.32 Å². The summed E-state index contributed by atoms with van der Waals surface area (Å²) in [6.07, 6.45) is 2.07. The molecule has 1 amide bonds. The highest BCUT2D eigenvalue weighted by Gasteiger charge is 2.28. The topological polar surface area (TPSA) is 73.9 Å². The van der Waals surface area contributed by atoms with Gasteiger partial charge in [0.15, 0.2) is 0 Å². The average molecular weight is 333 g/mol. The lowest BCUT2D eigenvalue weighted by atomic mass is 10.2. The van der Waals surface area contributed by atoms with Crippen LogP contribution in [0.15, 0.2) is 42.5 Å². The van der Waals surface area contributed by atoms with Gasteiger partial charge in [-0.25, -0.2) is 9.59 Å². The summed E-state index contributed by atoms with van der Waals surface area (Å²) in [6, 6.07) is 8.69. The van der Waals surface area contributed by atoms with Gasteiger partial charge >= 0.3 is 12.1 Å². The van der Waals surface area contributed by atoms with E-state index in [1.807, 2.05) is 18.2 Å². The number of rotatable bonds is 5. The molecule has 0 spiro atoms. The molecule has 0 fully saturated rings. The smallest absolute Gasteiger partial charge is 0.407 e. The van der Waals surface area contributed by atoms with E-state index < -0.39 is 29.9 Å². The molecule has 1 aliphatic rings. The molecule has 2 atom stereocenters. The second-order valence-electron chi connectivity index (χ2n) is 6.42. The molecule has 6 nitrogen and oxygen atoms in total. The fourth-order valence-electron chi connectivity index (χ4n) is 2.15. The minimum Gasteiger partial charge on any atom is -0.454 e. The summed E-state index contributed by atoms with van der Waals surface area (Å²) in [6.45, 7) is 5.89. The summed E-state index contributed by atoms with van der Waals surface area (Å²) >= 11 is 0. The maximum absolute atomic E-state index is 12.2. The zero-order valence-electron chi connectivity index (χ0n) is 14.2. The summed E-state index contributed by atoms with van der Waals surface area (Å²) in [5.74, 6) is -0.463. The Morgan fingerprint density at radius 1 is 1.29 bits per heavy atom. The van der Waals surface area contributed by atoms with E-state index in [4.69, 9.17) is 14.2 Å². The predicted octanol–water partition coefficient (Wildman–Crippen LogP) is 2.69. The Hall–Kier alpha value is -2.34. The number of benzene rings is 1. The van der Waals surface area contributed by atoms with Crippen molar-refractivity contribution in [1.29, 1.82) is 0 Å². The summed E-state index contributed by atoms with van der Waals surface area (Å²) in [4.78, 5) is 24.0. The van der Waals surface area contributed by atoms with Gasteiger partial charge in [0.1, 0.15) is 17.8 Å². The van der Waals surface area contributed by atoms with Gasteiger partial charge in [-0.1, -0.05) is 30.4 Å². The van der Waals surface area contributed by atoms with E-state index in [1.165, 1.54) is 0 Å². The number of ether oxygens (including phenoxy) is 3. The third-order valence-corrected chi connectivity index (χ3v) is 3.19. The van der Waals surface area contributed by atoms with Gasteiger partial charge in [0, 0.05) is 0 Å². The third kappa shape index (κ3) is 5.70. The van der Waals surface area contributed by atoms with Crippen LogP contribution in [0.25, 0.3) is 0 Å². The van der Waals surface area contributed by atoms with Crippen LogP contribution >= 0.6 is 0 Å². The fourth-order valence-corrected chi connectivity index (χ4v) is 2.15. The van der Waals surface area contributed by atoms with Gasteiger partial charge in [-0.3, -0.25) is 0 Å². The van der Waals surface area contributed by atoms with Crippen LogP contribution in [0, 0.1) is 0 Å². The molecular formula is C18H23NO5. The lowest BCUT2D eigenvalue weighted by molar-refractivity contribution is -0.0201. The van der Waals surface area contributed by atoms with Crippen molar-refractivity contribution in [2.75, 3.05) is 13.2 Å². The second kappa shape index (κ2) is 7.97. The van der Waals surface area contributed by atoms with Gasteiger partial charge in [0.2, 0.25) is 0 Å². The van der Waals surface area contributed by atoms with E-state index in [-0.39, 0.29) is 6.54 Å². The summed E-state index contributed by atoms with van der Waals surface area (Å²) < 4.78 is 16.2. The van der Waals surface area contributed by atoms with Gasteiger partial charge in [-0.15, -0.1) is 0 Å². The predicted molar refractivity (Wildman–Crippen MR) is 88.8 cm³/mol. The Kier molecular flexibility index (Phi) is 5.98. The highest BCUT2D eigenvalue weighted by atomic mass is 16.6. The SMILES string of the molecule is CC(C)(C)OC(=O)NC[C@@H](OC(=O)c1ccccc1)[C@@H]1C=CCO1. The molecule has 2 rings (SSSR count). The Morgan fingerprint density at radius 2 is 2.00 bits per heavy atom. The van der Waals surface area contributed by atoms with Crippen LogP contribution in [0.2, 0.25) is 0 Å². The molecule has 1 heterocycles. The molecular weight excluding hydrogens is 310 g/mol. The van der Waals surface area contributed by atoms with Crippen molar-refractivity contribution in [2.45, 2.75) is 38.6 Å². The van der Waals surface area contributed by atoms with Crippen LogP contribution in [0.4, 0.5) is 4.79 Å². The number of amides is 1. The van der Waals surface area contributed by atoms with Gasteiger partial charge in [0.25, 0.3) is 0 Å². The number of carbonyl (C=O) groups excluding carboxylic acids is 2. The van der Waals surface area contributed by atoms with Crippen LogP contribution in [-0.2, 0) is 14.2 Å². The monoisotopic (exact) mass is 333 g/mol. The van der Waals surface area contributed by atoms with Crippen LogP contribution in [-0.4, -0.2) is 43.0 Å². The Morgan fingerprint density at radius 3 is 2.58 bits per heavy atom. The van der Waals surface area contributed by atoms with Crippen molar-refractivity contribution in [3.63, 3.8) is 0 Å². The minimum atomic E-state index is -0.635. The first-order valence-electron chi connectivity index (χ1n) is 7.86. The Balaban J connectivity index is 1.96. The molecule has 0 bridgehead atoms. The number of carbonyl (C=O) groups is 2. The summed E-state index contributed by atoms with van der Waals surface area (Å²) in [5, 5.41) is 2.62. The van der Waals surface area contributed by atoms with Gasteiger partial charge < -0.3 is 19.5 Å². The van der Waals surface area contributed by atoms with Gasteiger partial charge in [-0.05, 0) is 32.9 Å². The van der Waals surface area contributed by atoms with E-state index in [0.717, 1.165) is 0 Å². The van der Waals surface area contributed by atoms with Crippen molar-refractivity contribution in [1.82, 2.24) is 5.32 Å². The molecule has 1 aliphatic heterocycles. The maximum atomic E-state index is 12.2. The first-order chi connectivity index (χ1) is 11.3. The molecule has 0 aliphatic carbocycles. The van der Waals surface area contributed by atoms with Gasteiger partial charge in [0.05, 0.1) is 18.7 Å². The molecule has 6 heteroatoms. The number of nitrogens with one attached hydrogen (secondary N) is 1. The maximum Gasteiger partial charge on any atom is 0.407 e. The zero-order valence-corrected chi connectivity index (χ0v) is 14.2. The molecule has 0 saturated heterocycles. The average Bonchev–Trinajstić information content (AvgIpc) is 3.04. The van der Waals surface area contributed by atoms with E-state index >= 15 is 0 Å². The van der Waals surface area contributed by atoms with Gasteiger partial charge in [-0.2, -0.15) is 0 Å². The molecule has 1 aromatic carbocycles. The molecule has 0 aromatic heterocycles. The molecule has 130 valence electrons. The molecule has 1 N–H and O–H groups in total. The third-order valence-electron chi connectivity index (χ3n) is 3.19. The lowest BCUT2D eigenvalue weighted by Gasteiger charge is -2.24. The zero-order chi connectivity index (χ0) is 17.6. The Bertz CT molecular complexity index is 591. The summed E-state index contributed by atoms with van der Waals surface area (Å²) in [7, 11) is 0. The van der Waals surface area contributed by atoms with Crippen molar-refractivity contribution < 1.29 is 23.8 Å². The highest BCUT2D eigenvalue weighted by molar-refractivity contribution is 5.89. The van der Waals surface area contributed by atoms with E-state index in [0.29, 0.717) is 12.2 Å². The molecule has 1 aromatic rings. The molecule has 24 heavy (non-hydrogen) atoms. The van der Waals surface area contributed by atoms with Crippen molar-refractivity contribution in [3.05, 3.63) is 48.0 Å². The fraction of sp³-hybridized carbons (Fsp3) is 0.444. The number of alkyl carbamates (subject to hydrolysis) is 1. The lowest BCUT2D eigenvalue weighted by Crippen LogP contribution is -2.43. The second-order valence-corrected chi connectivity index (χ2v) is 6.42. The minimum absolute atomic E-state index is 0.0997. The molecule has 0 unspecified atom stereocenters. The quantitative estimate of drug-likeness (QED) is 0.662. The van der Waals surface area contributed by atoms with Crippen LogP contribution in [0.5, 0.6) is 0 Å². The summed E-state index contributed by atoms with van der Waals surface area (Å²) in [5.41, 5.74) is -0.147. The molecule has 0 radical (unpaired) electrons. The van der Waals surface area contributed by atoms with Crippen molar-refractivity contribution >= 4 is 12.1 Å². The van der Waals surface area contributed by atoms with E-state index in [2.05, 4.69) is 5.32 Å². The van der Waals surface area contributed by atoms with Crippen molar-refractivity contribution in [3.8, 4) is 0 Å². The Labute approximate surface area is 141 Å². The first-order valence-corrected chi connectivity index (χ1v) is 7.86. The number of hydrogen-bond donors (Lipinski definition) is 1. The number of hydrogen-bond acceptors (Lipinski definition) is 5. The standard InChI is InChI=1S/C18H23NO5/c1-18(2,3)24-17(21)19-12-15(14-10-7-11-22-14)23-16(20)13-8-5-4-6-9-13/h4-10,14-15H,11-12H2,1-3H3,(H,19,21)/t14-,15+/m0/s1. The first kappa shape index (κ1) is 18.0. The van der Waals surface area contributed by atoms with Crippen molar-refractivity contribution in [2.24, 2.45) is 0 Å². The van der Waals surface area contributed by atoms with E-state index in [1.54, 1.807) is 45.0 Å². The normalized spacial score (nSPS) is 18.0. The van der Waals surface area contributed by atoms with Crippen LogP contribution in [0.1, 0.15) is 31.1 Å².